The van der Waals surface area contributed by atoms with Crippen LogP contribution in [0.1, 0.15) is 21.5 Å². The van der Waals surface area contributed by atoms with Crippen molar-refractivity contribution in [2.24, 2.45) is 0 Å². The highest BCUT2D eigenvalue weighted by Crippen LogP contribution is 2.36. The molecule has 0 fully saturated rings. The summed E-state index contributed by atoms with van der Waals surface area (Å²) in [5.74, 6) is -0.00456. The van der Waals surface area contributed by atoms with Crippen molar-refractivity contribution >= 4 is 27.2 Å². The number of nitrogens with zero attached hydrogens (tertiary/aromatic N) is 1. The third-order valence-electron chi connectivity index (χ3n) is 5.12. The van der Waals surface area contributed by atoms with E-state index in [4.69, 9.17) is 4.74 Å². The minimum Gasteiger partial charge on any atom is -0.495 e. The summed E-state index contributed by atoms with van der Waals surface area (Å²) in [4.78, 5) is 12.8. The molecule has 0 radical (unpaired) electrons. The standard InChI is InChI=1S/C24H22N2O4S/c1-17-11-13-18(14-12-17)16-26-21-9-5-3-7-19(21)24(27)23(31(26,28)29)15-25-20-8-4-6-10-22(20)30-2/h3-15,25H,16H2,1-2H3. The Hall–Kier alpha value is -3.58. The first kappa shape index (κ1) is 20.7. The maximum Gasteiger partial charge on any atom is 0.270 e. The normalized spacial score (nSPS) is 16.1. The molecule has 0 unspecified atom stereocenters. The number of sulfonamides is 1. The molecule has 0 saturated heterocycles. The monoisotopic (exact) mass is 434 g/mol. The van der Waals surface area contributed by atoms with E-state index in [0.717, 1.165) is 11.1 Å². The summed E-state index contributed by atoms with van der Waals surface area (Å²) in [6, 6.07) is 21.5. The predicted octanol–water partition coefficient (Wildman–Crippen LogP) is 4.49. The van der Waals surface area contributed by atoms with Gasteiger partial charge in [0.1, 0.15) is 5.75 Å². The summed E-state index contributed by atoms with van der Waals surface area (Å²) in [7, 11) is -2.56. The summed E-state index contributed by atoms with van der Waals surface area (Å²) >= 11 is 0. The number of methoxy groups -OCH3 is 1. The second-order valence-corrected chi connectivity index (χ2v) is 9.03. The van der Waals surface area contributed by atoms with Crippen LogP contribution in [0.4, 0.5) is 11.4 Å². The first-order valence-electron chi connectivity index (χ1n) is 9.73. The smallest absolute Gasteiger partial charge is 0.270 e. The Morgan fingerprint density at radius 3 is 2.39 bits per heavy atom. The number of aryl methyl sites for hydroxylation is 1. The van der Waals surface area contributed by atoms with Crippen LogP contribution in [0, 0.1) is 6.92 Å². The Bertz CT molecular complexity index is 1260. The highest BCUT2D eigenvalue weighted by Gasteiger charge is 2.40. The van der Waals surface area contributed by atoms with Gasteiger partial charge >= 0.3 is 0 Å². The lowest BCUT2D eigenvalue weighted by molar-refractivity contribution is 0.104. The van der Waals surface area contributed by atoms with Gasteiger partial charge in [0, 0.05) is 11.8 Å². The zero-order valence-electron chi connectivity index (χ0n) is 17.2. The molecule has 31 heavy (non-hydrogen) atoms. The minimum atomic E-state index is -4.08. The van der Waals surface area contributed by atoms with Gasteiger partial charge in [-0.2, -0.15) is 0 Å². The van der Waals surface area contributed by atoms with Gasteiger partial charge in [0.2, 0.25) is 5.78 Å². The van der Waals surface area contributed by atoms with E-state index >= 15 is 0 Å². The predicted molar refractivity (Wildman–Crippen MR) is 122 cm³/mol. The fraction of sp³-hybridized carbons (Fsp3) is 0.125. The van der Waals surface area contributed by atoms with E-state index in [1.807, 2.05) is 31.2 Å². The minimum absolute atomic E-state index is 0.124. The highest BCUT2D eigenvalue weighted by molar-refractivity contribution is 7.97. The number of hydrogen-bond donors (Lipinski definition) is 1. The SMILES string of the molecule is COc1ccccc1NC=C1C(=O)c2ccccc2N(Cc2ccc(C)cc2)S1(=O)=O. The van der Waals surface area contributed by atoms with Crippen LogP contribution in [0.3, 0.4) is 0 Å². The van der Waals surface area contributed by atoms with Crippen molar-refractivity contribution in [2.45, 2.75) is 13.5 Å². The van der Waals surface area contributed by atoms with Crippen molar-refractivity contribution in [3.8, 4) is 5.75 Å². The third kappa shape index (κ3) is 3.92. The molecular formula is C24H22N2O4S. The van der Waals surface area contributed by atoms with Gasteiger partial charge in [-0.3, -0.25) is 9.10 Å². The largest absolute Gasteiger partial charge is 0.495 e. The molecule has 0 bridgehead atoms. The number of carbonyl (C=O) groups excluding carboxylic acids is 1. The number of carbonyl (C=O) groups is 1. The number of rotatable bonds is 5. The molecule has 3 aromatic rings. The van der Waals surface area contributed by atoms with Crippen LogP contribution >= 0.6 is 0 Å². The number of allylic oxidation sites excluding steroid dienone is 1. The van der Waals surface area contributed by atoms with E-state index in [1.54, 1.807) is 48.5 Å². The van der Waals surface area contributed by atoms with E-state index in [-0.39, 0.29) is 11.4 Å². The summed E-state index contributed by atoms with van der Waals surface area (Å²) < 4.78 is 33.6. The van der Waals surface area contributed by atoms with Crippen LogP contribution in [0.15, 0.2) is 83.9 Å². The zero-order chi connectivity index (χ0) is 22.0. The van der Waals surface area contributed by atoms with Gasteiger partial charge < -0.3 is 10.1 Å². The van der Waals surface area contributed by atoms with E-state index in [0.29, 0.717) is 22.7 Å². The fourth-order valence-corrected chi connectivity index (χ4v) is 4.98. The molecule has 3 aromatic carbocycles. The molecule has 4 rings (SSSR count). The maximum absolute atomic E-state index is 13.5. The van der Waals surface area contributed by atoms with Gasteiger partial charge in [0.15, 0.2) is 4.91 Å². The number of para-hydroxylation sites is 3. The van der Waals surface area contributed by atoms with Gasteiger partial charge in [-0.25, -0.2) is 8.42 Å². The number of ketones is 1. The van der Waals surface area contributed by atoms with Gasteiger partial charge in [0.05, 0.1) is 25.0 Å². The van der Waals surface area contributed by atoms with Crippen LogP contribution in [0.5, 0.6) is 5.75 Å². The summed E-state index contributed by atoms with van der Waals surface area (Å²) in [6.45, 7) is 2.10. The lowest BCUT2D eigenvalue weighted by Gasteiger charge is -2.31. The maximum atomic E-state index is 13.5. The topological polar surface area (TPSA) is 75.7 Å². The van der Waals surface area contributed by atoms with Crippen molar-refractivity contribution in [1.82, 2.24) is 0 Å². The second kappa shape index (κ2) is 8.28. The van der Waals surface area contributed by atoms with Gasteiger partial charge in [-0.05, 0) is 36.8 Å². The van der Waals surface area contributed by atoms with E-state index in [2.05, 4.69) is 5.32 Å². The van der Waals surface area contributed by atoms with E-state index in [1.165, 1.54) is 17.6 Å². The molecule has 0 aromatic heterocycles. The Kier molecular flexibility index (Phi) is 5.52. The van der Waals surface area contributed by atoms with Gasteiger partial charge in [0.25, 0.3) is 10.0 Å². The number of Topliss-reactive ketones (excluding diaryl/α,β-unsaturated/α-hetero) is 1. The molecule has 0 saturated carbocycles. The molecule has 0 atom stereocenters. The molecule has 1 N–H and O–H groups in total. The summed E-state index contributed by atoms with van der Waals surface area (Å²) in [5, 5.41) is 2.93. The Morgan fingerprint density at radius 2 is 1.65 bits per heavy atom. The fourth-order valence-electron chi connectivity index (χ4n) is 3.46. The summed E-state index contributed by atoms with van der Waals surface area (Å²) in [5.41, 5.74) is 3.20. The molecule has 1 aliphatic rings. The molecule has 0 aliphatic carbocycles. The third-order valence-corrected chi connectivity index (χ3v) is 6.89. The summed E-state index contributed by atoms with van der Waals surface area (Å²) in [6.07, 6.45) is 1.24. The molecule has 1 heterocycles. The van der Waals surface area contributed by atoms with Gasteiger partial charge in [-0.15, -0.1) is 0 Å². The van der Waals surface area contributed by atoms with Crippen molar-refractivity contribution in [2.75, 3.05) is 16.7 Å². The first-order valence-corrected chi connectivity index (χ1v) is 11.2. The van der Waals surface area contributed by atoms with Gasteiger partial charge in [-0.1, -0.05) is 54.1 Å². The number of hydrogen-bond acceptors (Lipinski definition) is 5. The number of benzene rings is 3. The number of ether oxygens (including phenoxy) is 1. The average molecular weight is 435 g/mol. The quantitative estimate of drug-likeness (QED) is 0.599. The first-order chi connectivity index (χ1) is 14.9. The lowest BCUT2D eigenvalue weighted by Crippen LogP contribution is -2.39. The Labute approximate surface area is 181 Å². The second-order valence-electron chi connectivity index (χ2n) is 7.20. The van der Waals surface area contributed by atoms with Crippen molar-refractivity contribution in [1.29, 1.82) is 0 Å². The van der Waals surface area contributed by atoms with Crippen LogP contribution in [0.25, 0.3) is 0 Å². The van der Waals surface area contributed by atoms with Crippen LogP contribution in [0.2, 0.25) is 0 Å². The zero-order valence-corrected chi connectivity index (χ0v) is 18.0. The molecule has 0 spiro atoms. The Balaban J connectivity index is 1.78. The van der Waals surface area contributed by atoms with E-state index in [9.17, 15) is 13.2 Å². The van der Waals surface area contributed by atoms with Crippen molar-refractivity contribution in [3.63, 3.8) is 0 Å². The Morgan fingerprint density at radius 1 is 0.968 bits per heavy atom. The molecule has 0 amide bonds. The average Bonchev–Trinajstić information content (AvgIpc) is 2.78. The van der Waals surface area contributed by atoms with Crippen LogP contribution in [-0.2, 0) is 16.6 Å². The van der Waals surface area contributed by atoms with E-state index < -0.39 is 15.8 Å². The lowest BCUT2D eigenvalue weighted by atomic mass is 10.1. The molecule has 6 nitrogen and oxygen atoms in total. The molecule has 158 valence electrons. The number of anilines is 2. The van der Waals surface area contributed by atoms with Crippen LogP contribution < -0.4 is 14.4 Å². The van der Waals surface area contributed by atoms with Crippen LogP contribution in [-0.4, -0.2) is 21.3 Å². The molecule has 7 heteroatoms. The molecule has 1 aliphatic heterocycles. The number of fused-ring (bicyclic) bond motifs is 1. The van der Waals surface area contributed by atoms with Crippen molar-refractivity contribution in [3.05, 3.63) is 101 Å². The highest BCUT2D eigenvalue weighted by atomic mass is 32.2. The van der Waals surface area contributed by atoms with Crippen molar-refractivity contribution < 1.29 is 17.9 Å². The molecular weight excluding hydrogens is 412 g/mol. The number of nitrogens with one attached hydrogen (secondary N) is 1.